The standard InChI is InChI=1S/C7H7N3O4/c11-4-2-7(6(14)8-4)1-3(5(12)13)9-10-7/h10H,1-2H2,(H,12,13)(H,8,11,14). The summed E-state index contributed by atoms with van der Waals surface area (Å²) in [6.07, 6.45) is -0.119. The Kier molecular flexibility index (Phi) is 1.57. The molecule has 0 aliphatic carbocycles. The van der Waals surface area contributed by atoms with Gasteiger partial charge in [0.25, 0.3) is 5.91 Å². The molecule has 0 aromatic carbocycles. The van der Waals surface area contributed by atoms with Gasteiger partial charge < -0.3 is 5.11 Å². The van der Waals surface area contributed by atoms with Crippen molar-refractivity contribution >= 4 is 23.5 Å². The van der Waals surface area contributed by atoms with Gasteiger partial charge in [-0.1, -0.05) is 0 Å². The molecule has 1 unspecified atom stereocenters. The Morgan fingerprint density at radius 2 is 2.14 bits per heavy atom. The summed E-state index contributed by atoms with van der Waals surface area (Å²) in [6, 6.07) is 0. The van der Waals surface area contributed by atoms with Crippen LogP contribution in [0.1, 0.15) is 12.8 Å². The number of nitrogens with one attached hydrogen (secondary N) is 2. The summed E-state index contributed by atoms with van der Waals surface area (Å²) in [5, 5.41) is 14.2. The summed E-state index contributed by atoms with van der Waals surface area (Å²) >= 11 is 0. The molecule has 2 heterocycles. The van der Waals surface area contributed by atoms with Crippen LogP contribution < -0.4 is 10.7 Å². The van der Waals surface area contributed by atoms with Gasteiger partial charge in [0.2, 0.25) is 5.91 Å². The van der Waals surface area contributed by atoms with Crippen LogP contribution in [0.4, 0.5) is 0 Å². The zero-order chi connectivity index (χ0) is 10.3. The molecular weight excluding hydrogens is 190 g/mol. The fourth-order valence-electron chi connectivity index (χ4n) is 1.54. The summed E-state index contributed by atoms with van der Waals surface area (Å²) in [7, 11) is 0. The predicted octanol–water partition coefficient (Wildman–Crippen LogP) is -1.79. The minimum atomic E-state index is -1.18. The molecule has 0 aromatic rings. The molecule has 1 saturated heterocycles. The van der Waals surface area contributed by atoms with E-state index in [4.69, 9.17) is 5.11 Å². The first-order valence-electron chi connectivity index (χ1n) is 3.95. The molecule has 7 heteroatoms. The van der Waals surface area contributed by atoms with E-state index < -0.39 is 23.3 Å². The van der Waals surface area contributed by atoms with Crippen molar-refractivity contribution in [2.24, 2.45) is 5.10 Å². The highest BCUT2D eigenvalue weighted by atomic mass is 16.4. The van der Waals surface area contributed by atoms with Crippen LogP contribution in [0, 0.1) is 0 Å². The van der Waals surface area contributed by atoms with Gasteiger partial charge in [-0.25, -0.2) is 4.79 Å². The van der Waals surface area contributed by atoms with Crippen molar-refractivity contribution < 1.29 is 19.5 Å². The Labute approximate surface area is 78.2 Å². The molecule has 0 aromatic heterocycles. The average molecular weight is 197 g/mol. The highest BCUT2D eigenvalue weighted by Crippen LogP contribution is 2.25. The van der Waals surface area contributed by atoms with Crippen LogP contribution in [0.2, 0.25) is 0 Å². The van der Waals surface area contributed by atoms with E-state index in [0.717, 1.165) is 0 Å². The number of imide groups is 1. The number of carbonyl (C=O) groups is 3. The van der Waals surface area contributed by atoms with Crippen molar-refractivity contribution in [1.29, 1.82) is 0 Å². The van der Waals surface area contributed by atoms with Gasteiger partial charge in [0, 0.05) is 6.42 Å². The Morgan fingerprint density at radius 3 is 2.57 bits per heavy atom. The largest absolute Gasteiger partial charge is 0.477 e. The molecule has 1 spiro atoms. The van der Waals surface area contributed by atoms with Gasteiger partial charge in [0.15, 0.2) is 0 Å². The number of carboxylic acid groups (broad SMARTS) is 1. The Morgan fingerprint density at radius 1 is 1.43 bits per heavy atom. The summed E-state index contributed by atoms with van der Waals surface area (Å²) in [5.41, 5.74) is 1.13. The lowest BCUT2D eigenvalue weighted by Crippen LogP contribution is -2.46. The van der Waals surface area contributed by atoms with Crippen LogP contribution in [-0.2, 0) is 14.4 Å². The summed E-state index contributed by atoms with van der Waals surface area (Å²) in [4.78, 5) is 32.8. The van der Waals surface area contributed by atoms with E-state index in [9.17, 15) is 14.4 Å². The van der Waals surface area contributed by atoms with E-state index in [0.29, 0.717) is 0 Å². The fraction of sp³-hybridized carbons (Fsp3) is 0.429. The number of rotatable bonds is 1. The normalized spacial score (nSPS) is 30.1. The number of carboxylic acids is 1. The van der Waals surface area contributed by atoms with Crippen molar-refractivity contribution in [2.75, 3.05) is 0 Å². The quantitative estimate of drug-likeness (QED) is 0.430. The number of hydrazone groups is 1. The van der Waals surface area contributed by atoms with Crippen LogP contribution in [-0.4, -0.2) is 34.1 Å². The maximum atomic E-state index is 11.3. The molecule has 2 aliphatic heterocycles. The third-order valence-corrected chi connectivity index (χ3v) is 2.27. The lowest BCUT2D eigenvalue weighted by Gasteiger charge is -2.16. The van der Waals surface area contributed by atoms with E-state index in [-0.39, 0.29) is 18.6 Å². The van der Waals surface area contributed by atoms with Crippen molar-refractivity contribution in [1.82, 2.24) is 10.7 Å². The molecular formula is C7H7N3O4. The lowest BCUT2D eigenvalue weighted by atomic mass is 9.93. The zero-order valence-electron chi connectivity index (χ0n) is 7.03. The summed E-state index contributed by atoms with van der Waals surface area (Å²) < 4.78 is 0. The monoisotopic (exact) mass is 197 g/mol. The maximum Gasteiger partial charge on any atom is 0.352 e. The predicted molar refractivity (Wildman–Crippen MR) is 43.3 cm³/mol. The van der Waals surface area contributed by atoms with Crippen molar-refractivity contribution in [3.63, 3.8) is 0 Å². The molecule has 1 atom stereocenters. The van der Waals surface area contributed by atoms with Gasteiger partial charge >= 0.3 is 5.97 Å². The van der Waals surface area contributed by atoms with E-state index >= 15 is 0 Å². The van der Waals surface area contributed by atoms with Gasteiger partial charge in [0.05, 0.1) is 6.42 Å². The Bertz CT molecular complexity index is 375. The molecule has 0 radical (unpaired) electrons. The summed E-state index contributed by atoms with van der Waals surface area (Å²) in [5.74, 6) is -2.10. The first kappa shape index (κ1) is 8.67. The molecule has 0 bridgehead atoms. The van der Waals surface area contributed by atoms with Gasteiger partial charge in [0.1, 0.15) is 11.3 Å². The average Bonchev–Trinajstić information content (AvgIpc) is 2.59. The van der Waals surface area contributed by atoms with Crippen molar-refractivity contribution in [3.8, 4) is 0 Å². The van der Waals surface area contributed by atoms with E-state index in [1.165, 1.54) is 0 Å². The zero-order valence-corrected chi connectivity index (χ0v) is 7.03. The van der Waals surface area contributed by atoms with Crippen LogP contribution in [0.3, 0.4) is 0 Å². The fourth-order valence-corrected chi connectivity index (χ4v) is 1.54. The minimum Gasteiger partial charge on any atom is -0.477 e. The summed E-state index contributed by atoms with van der Waals surface area (Å²) in [6.45, 7) is 0. The van der Waals surface area contributed by atoms with E-state index in [1.54, 1.807) is 0 Å². The van der Waals surface area contributed by atoms with Crippen molar-refractivity contribution in [3.05, 3.63) is 0 Å². The number of carbonyl (C=O) groups excluding carboxylic acids is 2. The smallest absolute Gasteiger partial charge is 0.352 e. The van der Waals surface area contributed by atoms with Gasteiger partial charge in [-0.15, -0.1) is 0 Å². The van der Waals surface area contributed by atoms with E-state index in [2.05, 4.69) is 15.8 Å². The number of nitrogens with zero attached hydrogens (tertiary/aromatic N) is 1. The van der Waals surface area contributed by atoms with Gasteiger partial charge in [-0.05, 0) is 0 Å². The lowest BCUT2D eigenvalue weighted by molar-refractivity contribution is -0.129. The van der Waals surface area contributed by atoms with Gasteiger partial charge in [-0.3, -0.25) is 20.3 Å². The second-order valence-corrected chi connectivity index (χ2v) is 3.29. The van der Waals surface area contributed by atoms with Crippen LogP contribution in [0.5, 0.6) is 0 Å². The Balaban J connectivity index is 2.21. The van der Waals surface area contributed by atoms with Gasteiger partial charge in [-0.2, -0.15) is 5.10 Å². The third kappa shape index (κ3) is 1.05. The van der Waals surface area contributed by atoms with Crippen LogP contribution >= 0.6 is 0 Å². The SMILES string of the molecule is O=C1CC2(CC(C(=O)O)=NN2)C(=O)N1. The maximum absolute atomic E-state index is 11.3. The number of hydrogen-bond acceptors (Lipinski definition) is 5. The molecule has 2 rings (SSSR count). The molecule has 3 N–H and O–H groups in total. The minimum absolute atomic E-state index is 0.0556. The molecule has 0 saturated carbocycles. The van der Waals surface area contributed by atoms with Crippen LogP contribution in [0.25, 0.3) is 0 Å². The third-order valence-electron chi connectivity index (χ3n) is 2.27. The molecule has 7 nitrogen and oxygen atoms in total. The molecule has 74 valence electrons. The molecule has 2 amide bonds. The molecule has 1 fully saturated rings. The van der Waals surface area contributed by atoms with E-state index in [1.807, 2.05) is 0 Å². The first-order valence-corrected chi connectivity index (χ1v) is 3.95. The second-order valence-electron chi connectivity index (χ2n) is 3.29. The number of aliphatic carboxylic acids is 1. The first-order chi connectivity index (χ1) is 6.53. The highest BCUT2D eigenvalue weighted by molar-refractivity contribution is 6.37. The van der Waals surface area contributed by atoms with Crippen molar-refractivity contribution in [2.45, 2.75) is 18.4 Å². The molecule has 2 aliphatic rings. The van der Waals surface area contributed by atoms with Crippen LogP contribution in [0.15, 0.2) is 5.10 Å². The molecule has 14 heavy (non-hydrogen) atoms. The number of hydrogen-bond donors (Lipinski definition) is 3. The Hall–Kier alpha value is -1.92. The number of amides is 2. The topological polar surface area (TPSA) is 108 Å². The second kappa shape index (κ2) is 2.53. The highest BCUT2D eigenvalue weighted by Gasteiger charge is 2.51.